The SMILES string of the molecule is CC1(C)CCCN1CCC(N)c1ccc(Br)cc1. The van der Waals surface area contributed by atoms with E-state index in [-0.39, 0.29) is 6.04 Å². The van der Waals surface area contributed by atoms with Gasteiger partial charge in [0.1, 0.15) is 0 Å². The fourth-order valence-electron chi connectivity index (χ4n) is 2.75. The van der Waals surface area contributed by atoms with Crippen LogP contribution in [0.4, 0.5) is 0 Å². The maximum absolute atomic E-state index is 6.27. The Morgan fingerprint density at radius 1 is 1.33 bits per heavy atom. The minimum absolute atomic E-state index is 0.148. The van der Waals surface area contributed by atoms with Crippen LogP contribution < -0.4 is 5.73 Å². The summed E-state index contributed by atoms with van der Waals surface area (Å²) in [7, 11) is 0. The molecule has 1 aromatic carbocycles. The van der Waals surface area contributed by atoms with Gasteiger partial charge < -0.3 is 5.73 Å². The lowest BCUT2D eigenvalue weighted by molar-refractivity contribution is 0.169. The second-order valence-electron chi connectivity index (χ2n) is 5.85. The first-order chi connectivity index (χ1) is 8.49. The third-order valence-corrected chi connectivity index (χ3v) is 4.61. The summed E-state index contributed by atoms with van der Waals surface area (Å²) in [5, 5.41) is 0. The highest BCUT2D eigenvalue weighted by atomic mass is 79.9. The van der Waals surface area contributed by atoms with E-state index in [2.05, 4.69) is 58.9 Å². The Bertz CT molecular complexity index is 386. The average molecular weight is 311 g/mol. The molecule has 1 atom stereocenters. The molecule has 0 radical (unpaired) electrons. The number of benzene rings is 1. The van der Waals surface area contributed by atoms with Crippen molar-refractivity contribution in [2.24, 2.45) is 5.73 Å². The van der Waals surface area contributed by atoms with Crippen molar-refractivity contribution in [2.75, 3.05) is 13.1 Å². The average Bonchev–Trinajstić information content (AvgIpc) is 2.66. The molecule has 1 aromatic rings. The Hall–Kier alpha value is -0.380. The van der Waals surface area contributed by atoms with Crippen LogP contribution in [0.3, 0.4) is 0 Å². The van der Waals surface area contributed by atoms with Crippen LogP contribution in [0.15, 0.2) is 28.7 Å². The molecule has 3 heteroatoms. The first-order valence-electron chi connectivity index (χ1n) is 6.75. The highest BCUT2D eigenvalue weighted by Crippen LogP contribution is 2.29. The van der Waals surface area contributed by atoms with Crippen LogP contribution in [0.25, 0.3) is 0 Å². The van der Waals surface area contributed by atoms with Crippen molar-refractivity contribution in [1.29, 1.82) is 0 Å². The predicted octanol–water partition coefficient (Wildman–Crippen LogP) is 3.71. The van der Waals surface area contributed by atoms with Crippen molar-refractivity contribution in [3.05, 3.63) is 34.3 Å². The van der Waals surface area contributed by atoms with Crippen LogP contribution in [-0.2, 0) is 0 Å². The van der Waals surface area contributed by atoms with Crippen molar-refractivity contribution in [3.63, 3.8) is 0 Å². The number of nitrogens with zero attached hydrogens (tertiary/aromatic N) is 1. The third kappa shape index (κ3) is 3.34. The molecule has 2 rings (SSSR count). The summed E-state index contributed by atoms with van der Waals surface area (Å²) in [4.78, 5) is 2.58. The molecule has 100 valence electrons. The summed E-state index contributed by atoms with van der Waals surface area (Å²) in [6, 6.07) is 8.51. The first kappa shape index (κ1) is 14.0. The fourth-order valence-corrected chi connectivity index (χ4v) is 3.01. The van der Waals surface area contributed by atoms with Crippen molar-refractivity contribution < 1.29 is 0 Å². The molecule has 0 saturated carbocycles. The van der Waals surface area contributed by atoms with E-state index in [9.17, 15) is 0 Å². The minimum Gasteiger partial charge on any atom is -0.324 e. The first-order valence-corrected chi connectivity index (χ1v) is 7.54. The molecule has 1 fully saturated rings. The normalized spacial score (nSPS) is 21.1. The van der Waals surface area contributed by atoms with E-state index in [4.69, 9.17) is 5.73 Å². The van der Waals surface area contributed by atoms with Crippen LogP contribution in [0.5, 0.6) is 0 Å². The molecular weight excluding hydrogens is 288 g/mol. The molecule has 0 aromatic heterocycles. The van der Waals surface area contributed by atoms with Crippen molar-refractivity contribution in [3.8, 4) is 0 Å². The van der Waals surface area contributed by atoms with Gasteiger partial charge in [-0.2, -0.15) is 0 Å². The molecule has 2 nitrogen and oxygen atoms in total. The summed E-state index contributed by atoms with van der Waals surface area (Å²) < 4.78 is 1.11. The molecule has 0 spiro atoms. The summed E-state index contributed by atoms with van der Waals surface area (Å²) >= 11 is 3.45. The number of likely N-dealkylation sites (tertiary alicyclic amines) is 1. The molecule has 18 heavy (non-hydrogen) atoms. The van der Waals surface area contributed by atoms with Gasteiger partial charge in [0.25, 0.3) is 0 Å². The zero-order valence-corrected chi connectivity index (χ0v) is 12.9. The van der Waals surface area contributed by atoms with Gasteiger partial charge in [0.05, 0.1) is 0 Å². The highest BCUT2D eigenvalue weighted by molar-refractivity contribution is 9.10. The van der Waals surface area contributed by atoms with Gasteiger partial charge in [0.2, 0.25) is 0 Å². The number of nitrogens with two attached hydrogens (primary N) is 1. The summed E-state index contributed by atoms with van der Waals surface area (Å²) in [5.74, 6) is 0. The largest absolute Gasteiger partial charge is 0.324 e. The van der Waals surface area contributed by atoms with Crippen LogP contribution >= 0.6 is 15.9 Å². The van der Waals surface area contributed by atoms with E-state index in [1.165, 1.54) is 24.9 Å². The third-order valence-electron chi connectivity index (χ3n) is 4.08. The fraction of sp³-hybridized carbons (Fsp3) is 0.600. The Morgan fingerprint density at radius 2 is 2.00 bits per heavy atom. The molecule has 1 unspecified atom stereocenters. The van der Waals surface area contributed by atoms with E-state index in [0.717, 1.165) is 17.4 Å². The number of hydrogen-bond donors (Lipinski definition) is 1. The smallest absolute Gasteiger partial charge is 0.0307 e. The zero-order chi connectivity index (χ0) is 13.2. The van der Waals surface area contributed by atoms with E-state index in [1.54, 1.807) is 0 Å². The Labute approximate surface area is 119 Å². The molecule has 2 N–H and O–H groups in total. The molecule has 0 bridgehead atoms. The van der Waals surface area contributed by atoms with Gasteiger partial charge in [-0.3, -0.25) is 4.90 Å². The van der Waals surface area contributed by atoms with Crippen molar-refractivity contribution in [1.82, 2.24) is 4.90 Å². The Balaban J connectivity index is 1.88. The van der Waals surface area contributed by atoms with Gasteiger partial charge in [-0.15, -0.1) is 0 Å². The monoisotopic (exact) mass is 310 g/mol. The maximum Gasteiger partial charge on any atom is 0.0307 e. The van der Waals surface area contributed by atoms with Gasteiger partial charge in [-0.25, -0.2) is 0 Å². The van der Waals surface area contributed by atoms with Crippen LogP contribution in [0.1, 0.15) is 44.7 Å². The lowest BCUT2D eigenvalue weighted by Gasteiger charge is -2.32. The molecule has 1 saturated heterocycles. The minimum atomic E-state index is 0.148. The molecular formula is C15H23BrN2. The van der Waals surface area contributed by atoms with E-state index < -0.39 is 0 Å². The van der Waals surface area contributed by atoms with E-state index in [1.807, 2.05) is 0 Å². The summed E-state index contributed by atoms with van der Waals surface area (Å²) in [6.07, 6.45) is 3.66. The van der Waals surface area contributed by atoms with Crippen LogP contribution in [0.2, 0.25) is 0 Å². The number of hydrogen-bond acceptors (Lipinski definition) is 2. The summed E-state index contributed by atoms with van der Waals surface area (Å²) in [6.45, 7) is 7.00. The molecule has 1 aliphatic rings. The second-order valence-corrected chi connectivity index (χ2v) is 6.77. The van der Waals surface area contributed by atoms with Crippen LogP contribution in [0, 0.1) is 0 Å². The van der Waals surface area contributed by atoms with Gasteiger partial charge in [0.15, 0.2) is 0 Å². The standard InChI is InChI=1S/C15H23BrN2/c1-15(2)9-3-10-18(15)11-8-14(17)12-4-6-13(16)7-5-12/h4-7,14H,3,8-11,17H2,1-2H3. The number of halogens is 1. The Kier molecular flexibility index (Phi) is 4.46. The topological polar surface area (TPSA) is 29.3 Å². The lowest BCUT2D eigenvalue weighted by atomic mass is 10.0. The van der Waals surface area contributed by atoms with Crippen molar-refractivity contribution >= 4 is 15.9 Å². The zero-order valence-electron chi connectivity index (χ0n) is 11.3. The summed E-state index contributed by atoms with van der Waals surface area (Å²) in [5.41, 5.74) is 7.86. The van der Waals surface area contributed by atoms with Gasteiger partial charge in [0, 0.05) is 22.6 Å². The highest BCUT2D eigenvalue weighted by Gasteiger charge is 2.31. The lowest BCUT2D eigenvalue weighted by Crippen LogP contribution is -2.39. The Morgan fingerprint density at radius 3 is 2.56 bits per heavy atom. The molecule has 1 heterocycles. The van der Waals surface area contributed by atoms with E-state index >= 15 is 0 Å². The molecule has 0 amide bonds. The van der Waals surface area contributed by atoms with Crippen LogP contribution in [-0.4, -0.2) is 23.5 Å². The van der Waals surface area contributed by atoms with Gasteiger partial charge in [-0.1, -0.05) is 28.1 Å². The predicted molar refractivity (Wildman–Crippen MR) is 80.6 cm³/mol. The second kappa shape index (κ2) is 5.72. The molecule has 1 aliphatic heterocycles. The van der Waals surface area contributed by atoms with E-state index in [0.29, 0.717) is 5.54 Å². The number of rotatable bonds is 4. The maximum atomic E-state index is 6.27. The quantitative estimate of drug-likeness (QED) is 0.918. The molecule has 0 aliphatic carbocycles. The van der Waals surface area contributed by atoms with Crippen molar-refractivity contribution in [2.45, 2.75) is 44.7 Å². The van der Waals surface area contributed by atoms with Gasteiger partial charge >= 0.3 is 0 Å². The van der Waals surface area contributed by atoms with Gasteiger partial charge in [-0.05, 0) is 57.4 Å².